The van der Waals surface area contributed by atoms with E-state index in [1.54, 1.807) is 12.4 Å². The van der Waals surface area contributed by atoms with Gasteiger partial charge in [0.05, 0.1) is 17.3 Å². The third kappa shape index (κ3) is 3.48. The average molecular weight is 388 g/mol. The van der Waals surface area contributed by atoms with Gasteiger partial charge in [0.15, 0.2) is 0 Å². The van der Waals surface area contributed by atoms with Crippen molar-refractivity contribution in [3.63, 3.8) is 0 Å². The number of benzene rings is 1. The molecule has 148 valence electrons. The van der Waals surface area contributed by atoms with E-state index >= 15 is 0 Å². The number of hydrogen-bond acceptors (Lipinski definition) is 5. The number of rotatable bonds is 4. The Labute approximate surface area is 169 Å². The number of anilines is 2. The molecule has 7 nitrogen and oxygen atoms in total. The minimum atomic E-state index is -0.0938. The fraction of sp³-hybridized carbons (Fsp3) is 0.364. The fourth-order valence-corrected chi connectivity index (χ4v) is 4.32. The Morgan fingerprint density at radius 3 is 2.69 bits per heavy atom. The highest BCUT2D eigenvalue weighted by molar-refractivity contribution is 5.93. The van der Waals surface area contributed by atoms with Gasteiger partial charge >= 0.3 is 0 Å². The van der Waals surface area contributed by atoms with Gasteiger partial charge < -0.3 is 10.2 Å². The molecule has 1 aliphatic carbocycles. The van der Waals surface area contributed by atoms with Crippen LogP contribution < -0.4 is 10.2 Å². The lowest BCUT2D eigenvalue weighted by atomic mass is 9.97. The number of nitrogens with one attached hydrogen (secondary N) is 1. The molecule has 2 aliphatic rings. The van der Waals surface area contributed by atoms with Crippen LogP contribution in [-0.4, -0.2) is 38.7 Å². The van der Waals surface area contributed by atoms with Gasteiger partial charge in [-0.05, 0) is 50.3 Å². The summed E-state index contributed by atoms with van der Waals surface area (Å²) in [6.45, 7) is 1.52. The van der Waals surface area contributed by atoms with Crippen LogP contribution in [0.15, 0.2) is 48.8 Å². The summed E-state index contributed by atoms with van der Waals surface area (Å²) in [5.41, 5.74) is 3.26. The standard InChI is InChI=1S/C22H24N6O/c29-21(16-7-5-14-27(15-16)22-23-12-6-13-24-22)25-20-18-10-4-11-19(18)26-28(20)17-8-2-1-3-9-17/h1-3,6,8-9,12-13,16H,4-5,7,10-11,14-15H2,(H,25,29). The molecular weight excluding hydrogens is 364 g/mol. The summed E-state index contributed by atoms with van der Waals surface area (Å²) in [5, 5.41) is 8.02. The third-order valence-corrected chi connectivity index (χ3v) is 5.78. The molecular formula is C22H24N6O. The van der Waals surface area contributed by atoms with Gasteiger partial charge in [0, 0.05) is 31.0 Å². The summed E-state index contributed by atoms with van der Waals surface area (Å²) < 4.78 is 1.89. The molecule has 7 heteroatoms. The van der Waals surface area contributed by atoms with Crippen molar-refractivity contribution < 1.29 is 4.79 Å². The normalized spacial score (nSPS) is 18.5. The Hall–Kier alpha value is -3.22. The molecule has 1 unspecified atom stereocenters. The zero-order valence-electron chi connectivity index (χ0n) is 16.3. The number of carbonyl (C=O) groups excluding carboxylic acids is 1. The van der Waals surface area contributed by atoms with E-state index in [4.69, 9.17) is 5.10 Å². The van der Waals surface area contributed by atoms with E-state index in [1.807, 2.05) is 41.1 Å². The molecule has 0 radical (unpaired) electrons. The van der Waals surface area contributed by atoms with Crippen LogP contribution in [0.1, 0.15) is 30.5 Å². The van der Waals surface area contributed by atoms with Gasteiger partial charge in [0.25, 0.3) is 0 Å². The van der Waals surface area contributed by atoms with Crippen LogP contribution in [0.5, 0.6) is 0 Å². The van der Waals surface area contributed by atoms with E-state index in [1.165, 1.54) is 5.56 Å². The first kappa shape index (κ1) is 17.8. The zero-order chi connectivity index (χ0) is 19.6. The molecule has 1 aromatic carbocycles. The quantitative estimate of drug-likeness (QED) is 0.744. The summed E-state index contributed by atoms with van der Waals surface area (Å²) in [6.07, 6.45) is 8.34. The molecule has 3 heterocycles. The molecule has 29 heavy (non-hydrogen) atoms. The van der Waals surface area contributed by atoms with Crippen LogP contribution in [0.2, 0.25) is 0 Å². The molecule has 1 atom stereocenters. The Kier molecular flexibility index (Phi) is 4.71. The second-order valence-electron chi connectivity index (χ2n) is 7.70. The van der Waals surface area contributed by atoms with Gasteiger partial charge in [-0.2, -0.15) is 5.10 Å². The topological polar surface area (TPSA) is 75.9 Å². The second-order valence-corrected chi connectivity index (χ2v) is 7.70. The van der Waals surface area contributed by atoms with E-state index in [9.17, 15) is 4.79 Å². The molecule has 1 saturated heterocycles. The smallest absolute Gasteiger partial charge is 0.230 e. The highest BCUT2D eigenvalue weighted by Crippen LogP contribution is 2.32. The second kappa shape index (κ2) is 7.66. The highest BCUT2D eigenvalue weighted by Gasteiger charge is 2.30. The summed E-state index contributed by atoms with van der Waals surface area (Å²) in [5.74, 6) is 1.49. The van der Waals surface area contributed by atoms with Gasteiger partial charge in [-0.1, -0.05) is 18.2 Å². The summed E-state index contributed by atoms with van der Waals surface area (Å²) in [7, 11) is 0. The maximum absolute atomic E-state index is 13.2. The van der Waals surface area contributed by atoms with Crippen molar-refractivity contribution in [2.45, 2.75) is 32.1 Å². The van der Waals surface area contributed by atoms with Gasteiger partial charge in [-0.15, -0.1) is 0 Å². The Bertz CT molecular complexity index is 1000. The van der Waals surface area contributed by atoms with Crippen LogP contribution in [-0.2, 0) is 17.6 Å². The Balaban J connectivity index is 1.38. The van der Waals surface area contributed by atoms with Gasteiger partial charge in [0.1, 0.15) is 5.82 Å². The van der Waals surface area contributed by atoms with E-state index in [0.29, 0.717) is 12.5 Å². The maximum Gasteiger partial charge on any atom is 0.230 e. The molecule has 1 aliphatic heterocycles. The van der Waals surface area contributed by atoms with Crippen molar-refractivity contribution in [1.82, 2.24) is 19.7 Å². The van der Waals surface area contributed by atoms with Crippen molar-refractivity contribution in [1.29, 1.82) is 0 Å². The number of aromatic nitrogens is 4. The number of aryl methyl sites for hydroxylation is 1. The molecule has 0 bridgehead atoms. The predicted molar refractivity (Wildman–Crippen MR) is 111 cm³/mol. The number of hydrogen-bond donors (Lipinski definition) is 1. The van der Waals surface area contributed by atoms with Crippen molar-refractivity contribution in [3.8, 4) is 5.69 Å². The SMILES string of the molecule is O=C(Nc1c2c(nn1-c1ccccc1)CCC2)C1CCCN(c2ncccn2)C1. The molecule has 5 rings (SSSR count). The minimum Gasteiger partial charge on any atom is -0.340 e. The van der Waals surface area contributed by atoms with E-state index < -0.39 is 0 Å². The monoisotopic (exact) mass is 388 g/mol. The Morgan fingerprint density at radius 2 is 1.86 bits per heavy atom. The summed E-state index contributed by atoms with van der Waals surface area (Å²) in [4.78, 5) is 24.0. The maximum atomic E-state index is 13.2. The summed E-state index contributed by atoms with van der Waals surface area (Å²) >= 11 is 0. The third-order valence-electron chi connectivity index (χ3n) is 5.78. The van der Waals surface area contributed by atoms with E-state index in [-0.39, 0.29) is 11.8 Å². The lowest BCUT2D eigenvalue weighted by molar-refractivity contribution is -0.120. The average Bonchev–Trinajstić information content (AvgIpc) is 3.38. The van der Waals surface area contributed by atoms with Crippen LogP contribution in [0, 0.1) is 5.92 Å². The molecule has 2 aromatic heterocycles. The number of carbonyl (C=O) groups is 1. The van der Waals surface area contributed by atoms with Crippen molar-refractivity contribution in [3.05, 3.63) is 60.0 Å². The first-order valence-electron chi connectivity index (χ1n) is 10.3. The minimum absolute atomic E-state index is 0.0532. The molecule has 0 spiro atoms. The molecule has 3 aromatic rings. The first-order valence-corrected chi connectivity index (χ1v) is 10.3. The van der Waals surface area contributed by atoms with Crippen LogP contribution >= 0.6 is 0 Å². The van der Waals surface area contributed by atoms with Crippen molar-refractivity contribution in [2.75, 3.05) is 23.3 Å². The van der Waals surface area contributed by atoms with Crippen LogP contribution in [0.3, 0.4) is 0 Å². The fourth-order valence-electron chi connectivity index (χ4n) is 4.32. The molecule has 1 fully saturated rings. The zero-order valence-corrected chi connectivity index (χ0v) is 16.3. The molecule has 1 N–H and O–H groups in total. The van der Waals surface area contributed by atoms with E-state index in [0.717, 1.165) is 55.8 Å². The largest absolute Gasteiger partial charge is 0.340 e. The van der Waals surface area contributed by atoms with Gasteiger partial charge in [-0.3, -0.25) is 4.79 Å². The number of nitrogens with zero attached hydrogens (tertiary/aromatic N) is 5. The lowest BCUT2D eigenvalue weighted by Gasteiger charge is -2.32. The van der Waals surface area contributed by atoms with E-state index in [2.05, 4.69) is 20.2 Å². The number of piperidine rings is 1. The van der Waals surface area contributed by atoms with Crippen LogP contribution in [0.25, 0.3) is 5.69 Å². The highest BCUT2D eigenvalue weighted by atomic mass is 16.2. The summed E-state index contributed by atoms with van der Waals surface area (Å²) in [6, 6.07) is 11.8. The predicted octanol–water partition coefficient (Wildman–Crippen LogP) is 3.01. The van der Waals surface area contributed by atoms with Gasteiger partial charge in [0.2, 0.25) is 11.9 Å². The number of para-hydroxylation sites is 1. The number of amides is 1. The first-order chi connectivity index (χ1) is 14.3. The van der Waals surface area contributed by atoms with Crippen LogP contribution in [0.4, 0.5) is 11.8 Å². The molecule has 0 saturated carbocycles. The lowest BCUT2D eigenvalue weighted by Crippen LogP contribution is -2.41. The Morgan fingerprint density at radius 1 is 1.03 bits per heavy atom. The molecule has 1 amide bonds. The van der Waals surface area contributed by atoms with Crippen molar-refractivity contribution >= 4 is 17.7 Å². The van der Waals surface area contributed by atoms with Gasteiger partial charge in [-0.25, -0.2) is 14.6 Å². The van der Waals surface area contributed by atoms with Crippen molar-refractivity contribution in [2.24, 2.45) is 5.92 Å². The number of fused-ring (bicyclic) bond motifs is 1.